The van der Waals surface area contributed by atoms with Crippen LogP contribution in [0.25, 0.3) is 0 Å². The molecule has 90 valence electrons. The van der Waals surface area contributed by atoms with E-state index in [0.717, 1.165) is 18.4 Å². The smallest absolute Gasteiger partial charge is 0.185 e. The second-order valence-electron chi connectivity index (χ2n) is 5.34. The maximum atomic E-state index is 9.55. The molecule has 0 saturated heterocycles. The van der Waals surface area contributed by atoms with Crippen LogP contribution in [0, 0.1) is 73.9 Å². The maximum Gasteiger partial charge on any atom is 0.185 e. The van der Waals surface area contributed by atoms with Gasteiger partial charge in [-0.15, -0.1) is 0 Å². The second kappa shape index (κ2) is 3.47. The summed E-state index contributed by atoms with van der Waals surface area (Å²) in [6, 6.07) is 8.05. The molecule has 0 spiro atoms. The topological polar surface area (TPSA) is 95.2 Å². The van der Waals surface area contributed by atoms with Crippen LogP contribution in [0.3, 0.4) is 0 Å². The number of allylic oxidation sites excluding steroid dienone is 4. The molecule has 0 aromatic rings. The number of nitriles is 4. The van der Waals surface area contributed by atoms with Gasteiger partial charge in [0, 0.05) is 11.8 Å². The molecule has 4 heteroatoms. The molecule has 0 amide bonds. The van der Waals surface area contributed by atoms with Crippen LogP contribution in [-0.2, 0) is 0 Å². The van der Waals surface area contributed by atoms with Gasteiger partial charge in [0.25, 0.3) is 0 Å². The monoisotopic (exact) mass is 246 g/mol. The van der Waals surface area contributed by atoms with E-state index in [1.165, 1.54) is 0 Å². The average Bonchev–Trinajstić information content (AvgIpc) is 2.96. The predicted octanol–water partition coefficient (Wildman–Crippen LogP) is 2.21. The van der Waals surface area contributed by atoms with Gasteiger partial charge >= 0.3 is 0 Å². The standard InChI is InChI=1S/C15H10N4/c16-6-14(7-17)12-4-5-13(15(14,8-18)9-19)11-3-1-2-10(11)12/h2,4-5,11-13H,1,3H2/t11-,12+,13-/m1/s1. The largest absolute Gasteiger partial charge is 0.196 e. The first-order valence-corrected chi connectivity index (χ1v) is 6.24. The molecule has 0 aliphatic heterocycles. The minimum atomic E-state index is -1.58. The summed E-state index contributed by atoms with van der Waals surface area (Å²) in [5.74, 6) is -0.621. The summed E-state index contributed by atoms with van der Waals surface area (Å²) in [5, 5.41) is 38.2. The lowest BCUT2D eigenvalue weighted by atomic mass is 9.43. The Morgan fingerprint density at radius 2 is 1.58 bits per heavy atom. The van der Waals surface area contributed by atoms with Gasteiger partial charge in [0.2, 0.25) is 0 Å². The highest BCUT2D eigenvalue weighted by molar-refractivity contribution is 5.51. The lowest BCUT2D eigenvalue weighted by molar-refractivity contribution is 0.0908. The Kier molecular flexibility index (Phi) is 2.11. The van der Waals surface area contributed by atoms with Gasteiger partial charge in [-0.1, -0.05) is 23.8 Å². The lowest BCUT2D eigenvalue weighted by Crippen LogP contribution is -2.57. The summed E-state index contributed by atoms with van der Waals surface area (Å²) in [5.41, 5.74) is -2.05. The van der Waals surface area contributed by atoms with E-state index in [4.69, 9.17) is 0 Å². The molecule has 3 atom stereocenters. The van der Waals surface area contributed by atoms with Crippen LogP contribution >= 0.6 is 0 Å². The third kappa shape index (κ3) is 0.977. The number of hydrogen-bond donors (Lipinski definition) is 0. The van der Waals surface area contributed by atoms with Crippen LogP contribution in [-0.4, -0.2) is 0 Å². The third-order valence-corrected chi connectivity index (χ3v) is 4.88. The van der Waals surface area contributed by atoms with E-state index in [0.29, 0.717) is 0 Å². The van der Waals surface area contributed by atoms with Gasteiger partial charge in [-0.25, -0.2) is 0 Å². The average molecular weight is 246 g/mol. The fraction of sp³-hybridized carbons (Fsp3) is 0.467. The highest BCUT2D eigenvalue weighted by Crippen LogP contribution is 2.65. The minimum Gasteiger partial charge on any atom is -0.196 e. The first kappa shape index (κ1) is 11.5. The van der Waals surface area contributed by atoms with Crippen LogP contribution in [0.2, 0.25) is 0 Å². The van der Waals surface area contributed by atoms with Gasteiger partial charge in [0.15, 0.2) is 10.8 Å². The summed E-state index contributed by atoms with van der Waals surface area (Å²) in [6.45, 7) is 0. The summed E-state index contributed by atoms with van der Waals surface area (Å²) in [7, 11) is 0. The quantitative estimate of drug-likeness (QED) is 0.612. The van der Waals surface area contributed by atoms with Gasteiger partial charge in [0.05, 0.1) is 24.3 Å². The Labute approximate surface area is 111 Å². The fourth-order valence-corrected chi connectivity index (χ4v) is 4.01. The van der Waals surface area contributed by atoms with Gasteiger partial charge < -0.3 is 0 Å². The molecule has 4 nitrogen and oxygen atoms in total. The zero-order valence-electron chi connectivity index (χ0n) is 10.2. The van der Waals surface area contributed by atoms with Crippen molar-refractivity contribution in [3.05, 3.63) is 23.8 Å². The molecule has 0 aromatic carbocycles. The molecule has 4 aliphatic carbocycles. The molecule has 0 radical (unpaired) electrons. The van der Waals surface area contributed by atoms with Crippen molar-refractivity contribution in [2.45, 2.75) is 12.8 Å². The first-order valence-electron chi connectivity index (χ1n) is 6.24. The third-order valence-electron chi connectivity index (χ3n) is 4.88. The van der Waals surface area contributed by atoms with Gasteiger partial charge in [-0.05, 0) is 18.8 Å². The molecule has 1 saturated carbocycles. The highest BCUT2D eigenvalue weighted by atomic mass is 14.7. The van der Waals surface area contributed by atoms with Gasteiger partial charge in [-0.2, -0.15) is 21.0 Å². The van der Waals surface area contributed by atoms with Crippen molar-refractivity contribution in [1.29, 1.82) is 21.0 Å². The molecule has 0 heterocycles. The van der Waals surface area contributed by atoms with Crippen LogP contribution in [0.4, 0.5) is 0 Å². The van der Waals surface area contributed by atoms with Crippen molar-refractivity contribution in [2.75, 3.05) is 0 Å². The van der Waals surface area contributed by atoms with Gasteiger partial charge in [-0.3, -0.25) is 0 Å². The molecule has 0 aromatic heterocycles. The fourth-order valence-electron chi connectivity index (χ4n) is 4.01. The van der Waals surface area contributed by atoms with Crippen molar-refractivity contribution in [2.24, 2.45) is 28.6 Å². The Morgan fingerprint density at radius 3 is 2.16 bits per heavy atom. The molecular formula is C15H10N4. The molecule has 4 aliphatic rings. The van der Waals surface area contributed by atoms with Crippen LogP contribution in [0.15, 0.2) is 23.8 Å². The van der Waals surface area contributed by atoms with E-state index >= 15 is 0 Å². The zero-order chi connectivity index (χ0) is 13.7. The summed E-state index contributed by atoms with van der Waals surface area (Å²) < 4.78 is 0. The molecule has 19 heavy (non-hydrogen) atoms. The Morgan fingerprint density at radius 1 is 0.947 bits per heavy atom. The zero-order valence-corrected chi connectivity index (χ0v) is 10.2. The Balaban J connectivity index is 2.35. The van der Waals surface area contributed by atoms with E-state index < -0.39 is 16.7 Å². The number of rotatable bonds is 0. The van der Waals surface area contributed by atoms with E-state index in [-0.39, 0.29) is 11.8 Å². The van der Waals surface area contributed by atoms with Crippen LogP contribution in [0.5, 0.6) is 0 Å². The van der Waals surface area contributed by atoms with E-state index in [1.807, 2.05) is 36.4 Å². The number of hydrogen-bond acceptors (Lipinski definition) is 4. The molecule has 0 N–H and O–H groups in total. The molecule has 4 rings (SSSR count). The SMILES string of the molecule is N#CC1(C#N)[C@@H]2C=C[C@@H](C3=CCC[C@H]32)C1(C#N)C#N. The minimum absolute atomic E-state index is 0.143. The Hall–Kier alpha value is -2.56. The maximum absolute atomic E-state index is 9.55. The first-order chi connectivity index (χ1) is 9.20. The van der Waals surface area contributed by atoms with Crippen molar-refractivity contribution >= 4 is 0 Å². The second-order valence-corrected chi connectivity index (χ2v) is 5.34. The molecular weight excluding hydrogens is 236 g/mol. The summed E-state index contributed by atoms with van der Waals surface area (Å²) in [4.78, 5) is 0. The highest BCUT2D eigenvalue weighted by Gasteiger charge is 2.70. The van der Waals surface area contributed by atoms with E-state index in [1.54, 1.807) is 0 Å². The Bertz CT molecular complexity index is 643. The van der Waals surface area contributed by atoms with Crippen molar-refractivity contribution in [1.82, 2.24) is 0 Å². The molecule has 1 fully saturated rings. The molecule has 2 bridgehead atoms. The lowest BCUT2D eigenvalue weighted by Gasteiger charge is -2.52. The predicted molar refractivity (Wildman–Crippen MR) is 64.2 cm³/mol. The number of nitrogens with zero attached hydrogens (tertiary/aromatic N) is 4. The number of fused-ring (bicyclic) bond motifs is 1. The summed E-state index contributed by atoms with van der Waals surface area (Å²) in [6.07, 6.45) is 7.59. The van der Waals surface area contributed by atoms with Crippen LogP contribution < -0.4 is 0 Å². The normalized spacial score (nSPS) is 35.2. The van der Waals surface area contributed by atoms with Crippen molar-refractivity contribution < 1.29 is 0 Å². The van der Waals surface area contributed by atoms with Crippen molar-refractivity contribution in [3.63, 3.8) is 0 Å². The summed E-state index contributed by atoms with van der Waals surface area (Å²) >= 11 is 0. The van der Waals surface area contributed by atoms with E-state index in [2.05, 4.69) is 6.08 Å². The van der Waals surface area contributed by atoms with Crippen molar-refractivity contribution in [3.8, 4) is 24.3 Å². The molecule has 0 unspecified atom stereocenters. The van der Waals surface area contributed by atoms with Crippen LogP contribution in [0.1, 0.15) is 12.8 Å². The van der Waals surface area contributed by atoms with E-state index in [9.17, 15) is 21.0 Å². The van der Waals surface area contributed by atoms with Gasteiger partial charge in [0.1, 0.15) is 0 Å².